The van der Waals surface area contributed by atoms with Gasteiger partial charge < -0.3 is 10.2 Å². The number of pyridine rings is 1. The summed E-state index contributed by atoms with van der Waals surface area (Å²) in [6.45, 7) is 3.79. The van der Waals surface area contributed by atoms with Crippen LogP contribution in [0.25, 0.3) is 5.65 Å². The number of aromatic carboxylic acids is 1. The topological polar surface area (TPSA) is 106 Å². The molecule has 0 radical (unpaired) electrons. The molecule has 0 aromatic carbocycles. The van der Waals surface area contributed by atoms with Crippen LogP contribution in [-0.2, 0) is 13.0 Å². The molecule has 0 fully saturated rings. The molecule has 3 aromatic rings. The molecule has 3 rings (SSSR count). The molecule has 0 saturated carbocycles. The van der Waals surface area contributed by atoms with Crippen molar-refractivity contribution in [1.82, 2.24) is 24.4 Å². The Hall–Kier alpha value is -2.74. The average molecular weight is 315 g/mol. The van der Waals surface area contributed by atoms with Gasteiger partial charge in [0.2, 0.25) is 0 Å². The van der Waals surface area contributed by atoms with E-state index in [4.69, 9.17) is 0 Å². The fourth-order valence-electron chi connectivity index (χ4n) is 2.42. The average Bonchev–Trinajstić information content (AvgIpc) is 3.02. The molecule has 0 bridgehead atoms. The summed E-state index contributed by atoms with van der Waals surface area (Å²) < 4.78 is 3.15. The summed E-state index contributed by atoms with van der Waals surface area (Å²) in [5.74, 6) is -1.01. The van der Waals surface area contributed by atoms with E-state index in [1.165, 1.54) is 10.5 Å². The Balaban J connectivity index is 1.85. The number of imidazole rings is 1. The molecule has 8 nitrogen and oxygen atoms in total. The number of carbonyl (C=O) groups is 1. The fraction of sp³-hybridized carbons (Fsp3) is 0.333. The van der Waals surface area contributed by atoms with Crippen molar-refractivity contribution in [2.24, 2.45) is 0 Å². The van der Waals surface area contributed by atoms with Crippen LogP contribution in [0.3, 0.4) is 0 Å². The third-order valence-electron chi connectivity index (χ3n) is 3.28. The van der Waals surface area contributed by atoms with Gasteiger partial charge in [-0.25, -0.2) is 14.5 Å². The van der Waals surface area contributed by atoms with Gasteiger partial charge in [0.05, 0.1) is 23.5 Å². The normalized spacial score (nSPS) is 12.0. The molecule has 0 saturated heterocycles. The summed E-state index contributed by atoms with van der Waals surface area (Å²) in [4.78, 5) is 15.6. The number of nitrogens with zero attached hydrogens (tertiary/aromatic N) is 5. The van der Waals surface area contributed by atoms with Crippen LogP contribution in [0.1, 0.15) is 35.7 Å². The highest BCUT2D eigenvalue weighted by molar-refractivity contribution is 5.86. The second kappa shape index (κ2) is 5.47. The predicted octanol–water partition coefficient (Wildman–Crippen LogP) is 0.986. The van der Waals surface area contributed by atoms with Gasteiger partial charge in [-0.05, 0) is 26.0 Å². The maximum atomic E-state index is 11.2. The molecule has 0 spiro atoms. The van der Waals surface area contributed by atoms with Crippen LogP contribution in [0, 0.1) is 0 Å². The zero-order valence-corrected chi connectivity index (χ0v) is 12.8. The first-order valence-corrected chi connectivity index (χ1v) is 7.13. The van der Waals surface area contributed by atoms with Gasteiger partial charge in [-0.2, -0.15) is 0 Å². The van der Waals surface area contributed by atoms with Gasteiger partial charge in [-0.15, -0.1) is 5.10 Å². The van der Waals surface area contributed by atoms with Crippen molar-refractivity contribution in [2.75, 3.05) is 0 Å². The maximum absolute atomic E-state index is 11.2. The zero-order valence-electron chi connectivity index (χ0n) is 12.8. The largest absolute Gasteiger partial charge is 0.477 e. The molecule has 0 aliphatic carbocycles. The van der Waals surface area contributed by atoms with Gasteiger partial charge in [-0.1, -0.05) is 11.3 Å². The first-order valence-electron chi connectivity index (χ1n) is 7.13. The van der Waals surface area contributed by atoms with Gasteiger partial charge in [0.1, 0.15) is 11.3 Å². The molecule has 0 atom stereocenters. The molecule has 0 aliphatic heterocycles. The number of aromatic nitrogens is 5. The quantitative estimate of drug-likeness (QED) is 0.727. The molecule has 8 heteroatoms. The number of rotatable bonds is 5. The van der Waals surface area contributed by atoms with E-state index in [1.807, 2.05) is 0 Å². The minimum absolute atomic E-state index is 0.155. The molecule has 0 unspecified atom stereocenters. The van der Waals surface area contributed by atoms with Crippen LogP contribution >= 0.6 is 0 Å². The highest BCUT2D eigenvalue weighted by Crippen LogP contribution is 2.12. The number of hydrogen-bond acceptors (Lipinski definition) is 5. The monoisotopic (exact) mass is 315 g/mol. The van der Waals surface area contributed by atoms with Crippen molar-refractivity contribution in [2.45, 2.75) is 32.4 Å². The molecule has 2 N–H and O–H groups in total. The van der Waals surface area contributed by atoms with Crippen molar-refractivity contribution in [1.29, 1.82) is 0 Å². The molecular weight excluding hydrogens is 298 g/mol. The number of carboxylic acid groups (broad SMARTS) is 1. The Morgan fingerprint density at radius 1 is 1.26 bits per heavy atom. The van der Waals surface area contributed by atoms with Crippen molar-refractivity contribution in [3.8, 4) is 0 Å². The van der Waals surface area contributed by atoms with E-state index in [1.54, 1.807) is 43.1 Å². The fourth-order valence-corrected chi connectivity index (χ4v) is 2.42. The molecule has 120 valence electrons. The highest BCUT2D eigenvalue weighted by Gasteiger charge is 2.16. The summed E-state index contributed by atoms with van der Waals surface area (Å²) in [7, 11) is 0. The lowest BCUT2D eigenvalue weighted by Crippen LogP contribution is -2.22. The van der Waals surface area contributed by atoms with E-state index in [9.17, 15) is 15.0 Å². The van der Waals surface area contributed by atoms with E-state index < -0.39 is 11.6 Å². The third kappa shape index (κ3) is 3.37. The number of hydrogen-bond donors (Lipinski definition) is 2. The lowest BCUT2D eigenvalue weighted by Gasteiger charge is -2.13. The Kier molecular flexibility index (Phi) is 3.61. The Morgan fingerprint density at radius 2 is 2.04 bits per heavy atom. The van der Waals surface area contributed by atoms with Crippen LogP contribution in [0.5, 0.6) is 0 Å². The summed E-state index contributed by atoms with van der Waals surface area (Å²) in [5.41, 5.74) is 1.24. The van der Waals surface area contributed by atoms with Gasteiger partial charge in [0, 0.05) is 18.8 Å². The van der Waals surface area contributed by atoms with Gasteiger partial charge in [0.25, 0.3) is 0 Å². The van der Waals surface area contributed by atoms with E-state index in [2.05, 4.69) is 15.3 Å². The molecular formula is C15H17N5O3. The summed E-state index contributed by atoms with van der Waals surface area (Å²) in [6.07, 6.45) is 3.83. The predicted molar refractivity (Wildman–Crippen MR) is 81.3 cm³/mol. The number of carboxylic acids is 1. The smallest absolute Gasteiger partial charge is 0.352 e. The first-order chi connectivity index (χ1) is 10.8. The van der Waals surface area contributed by atoms with Crippen molar-refractivity contribution < 1.29 is 15.0 Å². The Bertz CT molecular complexity index is 859. The van der Waals surface area contributed by atoms with Crippen LogP contribution in [0.4, 0.5) is 0 Å². The summed E-state index contributed by atoms with van der Waals surface area (Å²) in [5, 5.41) is 27.0. The second-order valence-electron chi connectivity index (χ2n) is 6.07. The molecule has 3 aromatic heterocycles. The van der Waals surface area contributed by atoms with Crippen LogP contribution in [0.15, 0.2) is 30.6 Å². The highest BCUT2D eigenvalue weighted by atomic mass is 16.4. The van der Waals surface area contributed by atoms with Crippen molar-refractivity contribution in [3.63, 3.8) is 0 Å². The van der Waals surface area contributed by atoms with Gasteiger partial charge >= 0.3 is 5.97 Å². The van der Waals surface area contributed by atoms with Crippen LogP contribution in [0.2, 0.25) is 0 Å². The van der Waals surface area contributed by atoms with E-state index in [0.717, 1.165) is 0 Å². The van der Waals surface area contributed by atoms with Gasteiger partial charge in [-0.3, -0.25) is 4.40 Å². The SMILES string of the molecule is CC(C)(O)Cc1cn(Cc2cn3c(C(=O)O)cccc3n2)nn1. The Labute approximate surface area is 132 Å². The second-order valence-corrected chi connectivity index (χ2v) is 6.07. The lowest BCUT2D eigenvalue weighted by atomic mass is 10.0. The molecule has 0 amide bonds. The van der Waals surface area contributed by atoms with E-state index >= 15 is 0 Å². The molecule has 3 heterocycles. The standard InChI is InChI=1S/C15H17N5O3/c1-15(2,23)6-10-7-19(18-17-10)8-11-9-20-12(14(21)22)4-3-5-13(20)16-11/h3-5,7,9,23H,6,8H2,1-2H3,(H,21,22). The minimum atomic E-state index is -1.01. The number of fused-ring (bicyclic) bond motifs is 1. The minimum Gasteiger partial charge on any atom is -0.477 e. The van der Waals surface area contributed by atoms with Gasteiger partial charge in [0.15, 0.2) is 0 Å². The van der Waals surface area contributed by atoms with Crippen LogP contribution < -0.4 is 0 Å². The molecule has 0 aliphatic rings. The summed E-state index contributed by atoms with van der Waals surface area (Å²) in [6, 6.07) is 4.93. The van der Waals surface area contributed by atoms with E-state index in [-0.39, 0.29) is 5.69 Å². The van der Waals surface area contributed by atoms with E-state index in [0.29, 0.717) is 30.0 Å². The first kappa shape index (κ1) is 15.2. The van der Waals surface area contributed by atoms with Crippen molar-refractivity contribution in [3.05, 3.63) is 47.7 Å². The molecule has 23 heavy (non-hydrogen) atoms. The number of aliphatic hydroxyl groups is 1. The zero-order chi connectivity index (χ0) is 16.6. The Morgan fingerprint density at radius 3 is 2.74 bits per heavy atom. The van der Waals surface area contributed by atoms with Crippen molar-refractivity contribution >= 4 is 11.6 Å². The summed E-state index contributed by atoms with van der Waals surface area (Å²) >= 11 is 0. The van der Waals surface area contributed by atoms with Crippen LogP contribution in [-0.4, -0.2) is 46.2 Å². The lowest BCUT2D eigenvalue weighted by molar-refractivity contribution is 0.0688. The third-order valence-corrected chi connectivity index (χ3v) is 3.28. The maximum Gasteiger partial charge on any atom is 0.352 e.